The van der Waals surface area contributed by atoms with Gasteiger partial charge in [0, 0.05) is 32.0 Å². The highest BCUT2D eigenvalue weighted by Gasteiger charge is 2.42. The summed E-state index contributed by atoms with van der Waals surface area (Å²) in [6.07, 6.45) is 4.79. The molecule has 0 radical (unpaired) electrons. The molecule has 3 heterocycles. The molecule has 218 valence electrons. The quantitative estimate of drug-likeness (QED) is 0.518. The zero-order chi connectivity index (χ0) is 28.4. The third-order valence-corrected chi connectivity index (χ3v) is 8.03. The number of ether oxygens (including phenoxy) is 3. The van der Waals surface area contributed by atoms with Crippen LogP contribution in [0.4, 0.5) is 0 Å². The zero-order valence-corrected chi connectivity index (χ0v) is 23.2. The highest BCUT2D eigenvalue weighted by Crippen LogP contribution is 2.38. The summed E-state index contributed by atoms with van der Waals surface area (Å²) in [4.78, 5) is 34.5. The maximum atomic E-state index is 13.3. The number of likely N-dealkylation sites (tertiary alicyclic amines) is 1. The Kier molecular flexibility index (Phi) is 10.7. The van der Waals surface area contributed by atoms with Crippen molar-refractivity contribution < 1.29 is 34.0 Å². The number of carbonyl (C=O) groups excluding carboxylic acids is 2. The van der Waals surface area contributed by atoms with Gasteiger partial charge in [-0.05, 0) is 75.0 Å². The van der Waals surface area contributed by atoms with Crippen LogP contribution in [0.1, 0.15) is 44.1 Å². The second-order valence-corrected chi connectivity index (χ2v) is 10.7. The SMILES string of the molecule is COc1ccccc1OCC(=O)N1CCCCC2(CCN(Cc3ccncc3)CC2)C(=O)OC[C@@H](O)[C@@H](O)CC1. The molecule has 4 rings (SSSR count). The fourth-order valence-electron chi connectivity index (χ4n) is 5.44. The Morgan fingerprint density at radius 3 is 2.45 bits per heavy atom. The molecule has 10 heteroatoms. The number of cyclic esters (lactones) is 1. The summed E-state index contributed by atoms with van der Waals surface area (Å²) in [5.41, 5.74) is 0.537. The predicted molar refractivity (Wildman–Crippen MR) is 148 cm³/mol. The van der Waals surface area contributed by atoms with Crippen LogP contribution in [-0.2, 0) is 20.9 Å². The Labute approximate surface area is 235 Å². The number of carbonyl (C=O) groups is 2. The lowest BCUT2D eigenvalue weighted by Gasteiger charge is -2.40. The van der Waals surface area contributed by atoms with Crippen molar-refractivity contribution in [1.82, 2.24) is 14.8 Å². The number of nitrogens with zero attached hydrogens (tertiary/aromatic N) is 3. The molecule has 0 aliphatic carbocycles. The van der Waals surface area contributed by atoms with Crippen molar-refractivity contribution in [2.24, 2.45) is 5.41 Å². The van der Waals surface area contributed by atoms with Crippen LogP contribution in [0.25, 0.3) is 0 Å². The largest absolute Gasteiger partial charge is 0.493 e. The molecule has 1 spiro atoms. The molecule has 0 saturated carbocycles. The van der Waals surface area contributed by atoms with Crippen molar-refractivity contribution in [2.75, 3.05) is 46.5 Å². The topological polar surface area (TPSA) is 122 Å². The Balaban J connectivity index is 1.38. The normalized spacial score (nSPS) is 22.9. The molecule has 2 atom stereocenters. The van der Waals surface area contributed by atoms with E-state index in [1.807, 2.05) is 24.3 Å². The van der Waals surface area contributed by atoms with E-state index in [2.05, 4.69) is 9.88 Å². The van der Waals surface area contributed by atoms with Crippen LogP contribution >= 0.6 is 0 Å². The van der Waals surface area contributed by atoms with Gasteiger partial charge in [0.25, 0.3) is 5.91 Å². The van der Waals surface area contributed by atoms with Crippen LogP contribution in [0.5, 0.6) is 11.5 Å². The van der Waals surface area contributed by atoms with Gasteiger partial charge in [-0.1, -0.05) is 18.6 Å². The summed E-state index contributed by atoms with van der Waals surface area (Å²) in [6, 6.07) is 11.1. The van der Waals surface area contributed by atoms with Gasteiger partial charge >= 0.3 is 5.97 Å². The smallest absolute Gasteiger partial charge is 0.312 e. The number of rotatable bonds is 6. The molecule has 2 aliphatic rings. The summed E-state index contributed by atoms with van der Waals surface area (Å²) in [7, 11) is 1.54. The fraction of sp³-hybridized carbons (Fsp3) is 0.567. The lowest BCUT2D eigenvalue weighted by Crippen LogP contribution is -2.45. The molecule has 2 saturated heterocycles. The average molecular weight is 556 g/mol. The standard InChI is InChI=1S/C30H41N3O7/c1-38-26-6-2-3-7-27(26)39-22-28(36)33-16-5-4-11-30(29(37)40-21-25(35)24(34)10-17-33)12-18-32(19-13-30)20-23-8-14-31-15-9-23/h2-3,6-9,14-15,24-25,34-35H,4-5,10-13,16-22H2,1H3/t24-,25+/m0/s1. The molecule has 2 aromatic rings. The number of para-hydroxylation sites is 2. The van der Waals surface area contributed by atoms with Crippen LogP contribution in [0.3, 0.4) is 0 Å². The van der Waals surface area contributed by atoms with Gasteiger partial charge in [0.2, 0.25) is 0 Å². The lowest BCUT2D eigenvalue weighted by atomic mass is 9.74. The van der Waals surface area contributed by atoms with Gasteiger partial charge in [0.1, 0.15) is 12.7 Å². The third-order valence-electron chi connectivity index (χ3n) is 8.03. The van der Waals surface area contributed by atoms with Crippen LogP contribution in [0.15, 0.2) is 48.8 Å². The summed E-state index contributed by atoms with van der Waals surface area (Å²) in [5.74, 6) is 0.502. The molecule has 2 fully saturated rings. The fourth-order valence-corrected chi connectivity index (χ4v) is 5.44. The predicted octanol–water partition coefficient (Wildman–Crippen LogP) is 2.42. The first-order valence-corrected chi connectivity index (χ1v) is 14.1. The van der Waals surface area contributed by atoms with Crippen molar-refractivity contribution in [3.05, 3.63) is 54.4 Å². The number of piperidine rings is 1. The Bertz CT molecular complexity index is 1090. The summed E-state index contributed by atoms with van der Waals surface area (Å²) >= 11 is 0. The highest BCUT2D eigenvalue weighted by molar-refractivity contribution is 5.78. The number of pyridine rings is 1. The van der Waals surface area contributed by atoms with Crippen LogP contribution in [0, 0.1) is 5.41 Å². The van der Waals surface area contributed by atoms with Gasteiger partial charge in [-0.15, -0.1) is 0 Å². The average Bonchev–Trinajstić information content (AvgIpc) is 2.99. The molecule has 2 N–H and O–H groups in total. The van der Waals surface area contributed by atoms with E-state index in [1.54, 1.807) is 36.5 Å². The Morgan fingerprint density at radius 1 is 1.00 bits per heavy atom. The molecule has 1 aromatic carbocycles. The van der Waals surface area contributed by atoms with Gasteiger partial charge < -0.3 is 29.3 Å². The molecule has 40 heavy (non-hydrogen) atoms. The van der Waals surface area contributed by atoms with Crippen LogP contribution in [-0.4, -0.2) is 95.6 Å². The van der Waals surface area contributed by atoms with Gasteiger partial charge in [0.05, 0.1) is 18.6 Å². The van der Waals surface area contributed by atoms with E-state index in [0.717, 1.165) is 26.1 Å². The number of aliphatic hydroxyl groups excluding tert-OH is 2. The van der Waals surface area contributed by atoms with Crippen LogP contribution in [0.2, 0.25) is 0 Å². The summed E-state index contributed by atoms with van der Waals surface area (Å²) < 4.78 is 16.6. The minimum atomic E-state index is -1.23. The number of aliphatic hydroxyl groups is 2. The molecule has 0 unspecified atom stereocenters. The Morgan fingerprint density at radius 2 is 1.73 bits per heavy atom. The van der Waals surface area contributed by atoms with Crippen molar-refractivity contribution in [1.29, 1.82) is 0 Å². The van der Waals surface area contributed by atoms with E-state index in [0.29, 0.717) is 43.7 Å². The first-order valence-electron chi connectivity index (χ1n) is 14.1. The maximum Gasteiger partial charge on any atom is 0.312 e. The number of amides is 1. The molecule has 1 aromatic heterocycles. The zero-order valence-electron chi connectivity index (χ0n) is 23.2. The monoisotopic (exact) mass is 555 g/mol. The lowest BCUT2D eigenvalue weighted by molar-refractivity contribution is -0.165. The second-order valence-electron chi connectivity index (χ2n) is 10.7. The number of aromatic nitrogens is 1. The Hall–Kier alpha value is -3.21. The minimum absolute atomic E-state index is 0.161. The first-order chi connectivity index (χ1) is 19.4. The second kappa shape index (κ2) is 14.4. The molecular weight excluding hydrogens is 514 g/mol. The van der Waals surface area contributed by atoms with E-state index in [1.165, 1.54) is 5.56 Å². The number of hydrogen-bond acceptors (Lipinski definition) is 9. The summed E-state index contributed by atoms with van der Waals surface area (Å²) in [6.45, 7) is 2.60. The number of hydrogen-bond donors (Lipinski definition) is 2. The molecule has 0 bridgehead atoms. The first kappa shape index (κ1) is 29.8. The molecular formula is C30H41N3O7. The van der Waals surface area contributed by atoms with Gasteiger partial charge in [-0.25, -0.2) is 0 Å². The minimum Gasteiger partial charge on any atom is -0.493 e. The van der Waals surface area contributed by atoms with Gasteiger partial charge in [-0.2, -0.15) is 0 Å². The maximum absolute atomic E-state index is 13.3. The van der Waals surface area contributed by atoms with Crippen LogP contribution < -0.4 is 9.47 Å². The highest BCUT2D eigenvalue weighted by atomic mass is 16.5. The van der Waals surface area contributed by atoms with E-state index in [4.69, 9.17) is 14.2 Å². The van der Waals surface area contributed by atoms with E-state index in [9.17, 15) is 19.8 Å². The van der Waals surface area contributed by atoms with Crippen molar-refractivity contribution in [3.8, 4) is 11.5 Å². The molecule has 2 aliphatic heterocycles. The number of esters is 1. The van der Waals surface area contributed by atoms with E-state index < -0.39 is 17.6 Å². The molecule has 1 amide bonds. The third kappa shape index (κ3) is 7.93. The summed E-state index contributed by atoms with van der Waals surface area (Å²) in [5, 5.41) is 21.0. The van der Waals surface area contributed by atoms with Gasteiger partial charge in [0.15, 0.2) is 18.1 Å². The van der Waals surface area contributed by atoms with Gasteiger partial charge in [-0.3, -0.25) is 19.5 Å². The van der Waals surface area contributed by atoms with E-state index in [-0.39, 0.29) is 38.1 Å². The molecule has 10 nitrogen and oxygen atoms in total. The van der Waals surface area contributed by atoms with Crippen molar-refractivity contribution in [2.45, 2.75) is 57.3 Å². The number of methoxy groups -OCH3 is 1. The number of benzene rings is 1. The van der Waals surface area contributed by atoms with Crippen molar-refractivity contribution >= 4 is 11.9 Å². The van der Waals surface area contributed by atoms with Crippen molar-refractivity contribution in [3.63, 3.8) is 0 Å². The van der Waals surface area contributed by atoms with E-state index >= 15 is 0 Å².